The highest BCUT2D eigenvalue weighted by Crippen LogP contribution is 2.29. The van der Waals surface area contributed by atoms with Gasteiger partial charge in [0, 0.05) is 6.20 Å². The highest BCUT2D eigenvalue weighted by atomic mass is 16.2. The molecule has 15 heavy (non-hydrogen) atoms. The third kappa shape index (κ3) is 1.64. The number of aromatic nitrogens is 1. The molecule has 0 fully saturated rings. The van der Waals surface area contributed by atoms with Crippen LogP contribution in [0.15, 0.2) is 12.3 Å². The molecular weight excluding hydrogens is 190 g/mol. The number of aryl methyl sites for hydroxylation is 1. The first-order valence-electron chi connectivity index (χ1n) is 4.66. The monoisotopic (exact) mass is 201 g/mol. The molecule has 0 spiro atoms. The number of anilines is 2. The molecule has 0 atom stereocenters. The summed E-state index contributed by atoms with van der Waals surface area (Å²) in [4.78, 5) is 17.4. The van der Waals surface area contributed by atoms with Crippen molar-refractivity contribution in [2.75, 3.05) is 23.3 Å². The van der Waals surface area contributed by atoms with Gasteiger partial charge in [-0.2, -0.15) is 0 Å². The zero-order chi connectivity index (χ0) is 10.8. The van der Waals surface area contributed by atoms with Gasteiger partial charge in [-0.3, -0.25) is 4.79 Å². The first kappa shape index (κ1) is 9.53. The maximum absolute atomic E-state index is 11.4. The van der Waals surface area contributed by atoms with Crippen molar-refractivity contribution in [3.05, 3.63) is 17.8 Å². The summed E-state index contributed by atoms with van der Waals surface area (Å²) in [7, 11) is 0. The number of nitrogens with zero attached hydrogens (tertiary/aromatic N) is 2. The Hall–Kier alpha value is -2.02. The molecule has 0 unspecified atom stereocenters. The van der Waals surface area contributed by atoms with E-state index in [4.69, 9.17) is 6.42 Å². The third-order valence-electron chi connectivity index (χ3n) is 2.32. The average molecular weight is 201 g/mol. The second-order valence-electron chi connectivity index (χ2n) is 3.43. The van der Waals surface area contributed by atoms with Gasteiger partial charge >= 0.3 is 0 Å². The standard InChI is InChI=1S/C11H11N3O/c1-3-6-14-7-9(15)13-10-8(2)4-5-12-11(10)14/h1,4-5H,6-7H2,2H3,(H,13,15). The topological polar surface area (TPSA) is 45.2 Å². The Morgan fingerprint density at radius 2 is 2.53 bits per heavy atom. The van der Waals surface area contributed by atoms with Crippen molar-refractivity contribution in [1.82, 2.24) is 4.98 Å². The molecule has 76 valence electrons. The Balaban J connectivity index is 2.47. The Bertz CT molecular complexity index is 448. The first-order valence-corrected chi connectivity index (χ1v) is 4.66. The SMILES string of the molecule is C#CCN1CC(=O)Nc2c(C)ccnc21. The van der Waals surface area contributed by atoms with Crippen LogP contribution in [0.4, 0.5) is 11.5 Å². The predicted molar refractivity (Wildman–Crippen MR) is 58.6 cm³/mol. The van der Waals surface area contributed by atoms with E-state index < -0.39 is 0 Å². The van der Waals surface area contributed by atoms with Gasteiger partial charge in [-0.25, -0.2) is 4.98 Å². The quantitative estimate of drug-likeness (QED) is 0.683. The van der Waals surface area contributed by atoms with Crippen LogP contribution in [-0.4, -0.2) is 24.0 Å². The molecule has 0 saturated heterocycles. The lowest BCUT2D eigenvalue weighted by molar-refractivity contribution is -0.115. The van der Waals surface area contributed by atoms with Crippen LogP contribution in [-0.2, 0) is 4.79 Å². The molecule has 1 N–H and O–H groups in total. The number of carbonyl (C=O) groups is 1. The highest BCUT2D eigenvalue weighted by molar-refractivity contribution is 6.01. The van der Waals surface area contributed by atoms with Gasteiger partial charge in [0.2, 0.25) is 5.91 Å². The van der Waals surface area contributed by atoms with Crippen molar-refractivity contribution in [1.29, 1.82) is 0 Å². The summed E-state index contributed by atoms with van der Waals surface area (Å²) < 4.78 is 0. The second kappa shape index (κ2) is 3.62. The number of hydrogen-bond acceptors (Lipinski definition) is 3. The summed E-state index contributed by atoms with van der Waals surface area (Å²) in [5.74, 6) is 3.23. The Morgan fingerprint density at radius 3 is 3.27 bits per heavy atom. The van der Waals surface area contributed by atoms with Crippen LogP contribution in [0.5, 0.6) is 0 Å². The molecule has 2 rings (SSSR count). The van der Waals surface area contributed by atoms with E-state index in [1.54, 1.807) is 11.1 Å². The molecule has 0 radical (unpaired) electrons. The molecule has 2 heterocycles. The molecule has 1 aliphatic rings. The van der Waals surface area contributed by atoms with Crippen molar-refractivity contribution in [3.63, 3.8) is 0 Å². The van der Waals surface area contributed by atoms with Gasteiger partial charge in [-0.1, -0.05) is 5.92 Å². The molecule has 0 aromatic carbocycles. The van der Waals surface area contributed by atoms with Gasteiger partial charge in [-0.15, -0.1) is 6.42 Å². The van der Waals surface area contributed by atoms with Crippen molar-refractivity contribution in [2.24, 2.45) is 0 Å². The van der Waals surface area contributed by atoms with Gasteiger partial charge < -0.3 is 10.2 Å². The van der Waals surface area contributed by atoms with E-state index in [0.717, 1.165) is 17.1 Å². The van der Waals surface area contributed by atoms with Gasteiger partial charge in [0.1, 0.15) is 0 Å². The van der Waals surface area contributed by atoms with E-state index in [-0.39, 0.29) is 12.5 Å². The van der Waals surface area contributed by atoms with Crippen LogP contribution in [0.1, 0.15) is 5.56 Å². The number of rotatable bonds is 1. The molecule has 0 aliphatic carbocycles. The second-order valence-corrected chi connectivity index (χ2v) is 3.43. The largest absolute Gasteiger partial charge is 0.334 e. The number of amides is 1. The summed E-state index contributed by atoms with van der Waals surface area (Å²) in [6, 6.07) is 1.86. The van der Waals surface area contributed by atoms with Crippen molar-refractivity contribution >= 4 is 17.4 Å². The van der Waals surface area contributed by atoms with E-state index in [1.807, 2.05) is 13.0 Å². The molecule has 1 aliphatic heterocycles. The summed E-state index contributed by atoms with van der Waals surface area (Å²) in [5.41, 5.74) is 1.76. The molecule has 4 nitrogen and oxygen atoms in total. The molecular formula is C11H11N3O. The van der Waals surface area contributed by atoms with Crippen molar-refractivity contribution < 1.29 is 4.79 Å². The van der Waals surface area contributed by atoms with Gasteiger partial charge in [0.15, 0.2) is 5.82 Å². The molecule has 1 amide bonds. The van der Waals surface area contributed by atoms with E-state index in [0.29, 0.717) is 6.54 Å². The fourth-order valence-corrected chi connectivity index (χ4v) is 1.61. The summed E-state index contributed by atoms with van der Waals surface area (Å²) in [5, 5.41) is 2.80. The number of terminal acetylenes is 1. The predicted octanol–water partition coefficient (Wildman–Crippen LogP) is 0.782. The molecule has 4 heteroatoms. The van der Waals surface area contributed by atoms with Gasteiger partial charge in [0.25, 0.3) is 0 Å². The minimum atomic E-state index is -0.0474. The Morgan fingerprint density at radius 1 is 1.73 bits per heavy atom. The van der Waals surface area contributed by atoms with Crippen molar-refractivity contribution in [2.45, 2.75) is 6.92 Å². The lowest BCUT2D eigenvalue weighted by atomic mass is 10.2. The lowest BCUT2D eigenvalue weighted by Crippen LogP contribution is -2.39. The minimum Gasteiger partial charge on any atom is -0.334 e. The van der Waals surface area contributed by atoms with Crippen LogP contribution in [0.25, 0.3) is 0 Å². The van der Waals surface area contributed by atoms with E-state index >= 15 is 0 Å². The maximum atomic E-state index is 11.4. The molecule has 0 bridgehead atoms. The molecule has 0 saturated carbocycles. The number of fused-ring (bicyclic) bond motifs is 1. The zero-order valence-electron chi connectivity index (χ0n) is 8.45. The smallest absolute Gasteiger partial charge is 0.244 e. The fourth-order valence-electron chi connectivity index (χ4n) is 1.61. The van der Waals surface area contributed by atoms with Crippen LogP contribution >= 0.6 is 0 Å². The molecule has 1 aromatic rings. The van der Waals surface area contributed by atoms with Crippen LogP contribution in [0.2, 0.25) is 0 Å². The number of hydrogen-bond donors (Lipinski definition) is 1. The van der Waals surface area contributed by atoms with E-state index in [1.165, 1.54) is 0 Å². The van der Waals surface area contributed by atoms with Crippen LogP contribution in [0, 0.1) is 19.3 Å². The summed E-state index contributed by atoms with van der Waals surface area (Å²) in [6.07, 6.45) is 6.97. The number of carbonyl (C=O) groups excluding carboxylic acids is 1. The lowest BCUT2D eigenvalue weighted by Gasteiger charge is -2.28. The van der Waals surface area contributed by atoms with Crippen LogP contribution < -0.4 is 10.2 Å². The number of nitrogens with one attached hydrogen (secondary N) is 1. The maximum Gasteiger partial charge on any atom is 0.244 e. The third-order valence-corrected chi connectivity index (χ3v) is 2.32. The zero-order valence-corrected chi connectivity index (χ0v) is 8.45. The average Bonchev–Trinajstić information content (AvgIpc) is 2.20. The minimum absolute atomic E-state index is 0.0474. The Kier molecular flexibility index (Phi) is 2.30. The fraction of sp³-hybridized carbons (Fsp3) is 0.273. The Labute approximate surface area is 88.3 Å². The summed E-state index contributed by atoms with van der Waals surface area (Å²) in [6.45, 7) is 2.60. The summed E-state index contributed by atoms with van der Waals surface area (Å²) >= 11 is 0. The normalized spacial score (nSPS) is 14.1. The van der Waals surface area contributed by atoms with E-state index in [9.17, 15) is 4.79 Å². The first-order chi connectivity index (χ1) is 7.22. The highest BCUT2D eigenvalue weighted by Gasteiger charge is 2.23. The van der Waals surface area contributed by atoms with Crippen molar-refractivity contribution in [3.8, 4) is 12.3 Å². The number of pyridine rings is 1. The van der Waals surface area contributed by atoms with Gasteiger partial charge in [0.05, 0.1) is 18.8 Å². The molecule has 1 aromatic heterocycles. The van der Waals surface area contributed by atoms with Crippen LogP contribution in [0.3, 0.4) is 0 Å². The van der Waals surface area contributed by atoms with E-state index in [2.05, 4.69) is 16.2 Å². The van der Waals surface area contributed by atoms with Gasteiger partial charge in [-0.05, 0) is 18.6 Å².